The maximum atomic E-state index is 13.7. The Morgan fingerprint density at radius 3 is 1.14 bits per heavy atom. The molecule has 0 N–H and O–H groups in total. The summed E-state index contributed by atoms with van der Waals surface area (Å²) in [4.78, 5) is 7.31. The van der Waals surface area contributed by atoms with Crippen molar-refractivity contribution >= 4 is 64.7 Å². The number of hydrogen-bond acceptors (Lipinski definition) is 6. The van der Waals surface area contributed by atoms with Crippen molar-refractivity contribution in [1.29, 1.82) is 0 Å². The highest BCUT2D eigenvalue weighted by Gasteiger charge is 2.26. The largest absolute Gasteiger partial charge is 0.225 e. The topological polar surface area (TPSA) is 25.8 Å². The van der Waals surface area contributed by atoms with E-state index in [0.717, 1.165) is 21.6 Å². The first-order chi connectivity index (χ1) is 13.2. The molecule has 14 heteroatoms. The van der Waals surface area contributed by atoms with Crippen LogP contribution in [0.5, 0.6) is 0 Å². The summed E-state index contributed by atoms with van der Waals surface area (Å²) in [6, 6.07) is 0. The zero-order valence-corrected chi connectivity index (χ0v) is 15.8. The minimum absolute atomic E-state index is 0.0413. The van der Waals surface area contributed by atoms with Crippen LogP contribution in [0.3, 0.4) is 0 Å². The van der Waals surface area contributed by atoms with E-state index in [0.29, 0.717) is 22.7 Å². The van der Waals surface area contributed by atoms with Crippen LogP contribution in [0.4, 0.5) is 35.1 Å². The van der Waals surface area contributed by atoms with Crippen LogP contribution in [-0.2, 0) is 0 Å². The first-order valence-corrected chi connectivity index (χ1v) is 10.6. The van der Waals surface area contributed by atoms with Crippen molar-refractivity contribution in [3.8, 4) is 0 Å². The van der Waals surface area contributed by atoms with Crippen molar-refractivity contribution in [3.05, 3.63) is 46.5 Å². The predicted octanol–water partition coefficient (Wildman–Crippen LogP) is 6.82. The number of rotatable bonds is 3. The lowest BCUT2D eigenvalue weighted by molar-refractivity contribution is 0.418. The first kappa shape index (κ1) is 19.7. The number of nitrogens with zero attached hydrogens (tertiary/aromatic N) is 2. The molecule has 146 valence electrons. The molecule has 4 aromatic rings. The van der Waals surface area contributed by atoms with Crippen LogP contribution < -0.4 is 0 Å². The molecule has 0 saturated heterocycles. The Morgan fingerprint density at radius 2 is 0.786 bits per heavy atom. The fourth-order valence-corrected chi connectivity index (χ4v) is 6.62. The molecule has 0 amide bonds. The van der Waals surface area contributed by atoms with Crippen LogP contribution in [0.25, 0.3) is 20.4 Å². The summed E-state index contributed by atoms with van der Waals surface area (Å²) >= 11 is 1.03. The lowest BCUT2D eigenvalue weighted by Gasteiger charge is -1.97. The molecule has 0 radical (unpaired) electrons. The van der Waals surface area contributed by atoms with Crippen LogP contribution in [0.1, 0.15) is 0 Å². The number of benzene rings is 2. The van der Waals surface area contributed by atoms with Crippen molar-refractivity contribution in [2.45, 2.75) is 8.68 Å². The van der Waals surface area contributed by atoms with Gasteiger partial charge in [0.1, 0.15) is 11.0 Å². The average Bonchev–Trinajstić information content (AvgIpc) is 3.30. The molecule has 2 aromatic carbocycles. The van der Waals surface area contributed by atoms with E-state index in [1.54, 1.807) is 0 Å². The van der Waals surface area contributed by atoms with Crippen molar-refractivity contribution in [1.82, 2.24) is 9.97 Å². The third kappa shape index (κ3) is 2.93. The summed E-state index contributed by atoms with van der Waals surface area (Å²) in [5.41, 5.74) is -1.43. The van der Waals surface area contributed by atoms with Crippen molar-refractivity contribution in [3.63, 3.8) is 0 Å². The van der Waals surface area contributed by atoms with Gasteiger partial charge >= 0.3 is 0 Å². The molecule has 2 heterocycles. The molecule has 0 aliphatic heterocycles. The predicted molar refractivity (Wildman–Crippen MR) is 90.6 cm³/mol. The third-order valence-electron chi connectivity index (χ3n) is 3.37. The monoisotopic (exact) mass is 476 g/mol. The van der Waals surface area contributed by atoms with Gasteiger partial charge in [0.15, 0.2) is 55.2 Å². The fraction of sp³-hybridized carbons (Fsp3) is 0. The average molecular weight is 476 g/mol. The second-order valence-corrected chi connectivity index (χ2v) is 9.62. The molecular weight excluding hydrogens is 476 g/mol. The maximum Gasteiger partial charge on any atom is 0.199 e. The minimum atomic E-state index is -2.00. The van der Waals surface area contributed by atoms with Gasteiger partial charge in [-0.15, -0.1) is 22.7 Å². The Morgan fingerprint density at radius 1 is 0.464 bits per heavy atom. The molecule has 2 aromatic heterocycles. The summed E-state index contributed by atoms with van der Waals surface area (Å²) < 4.78 is 107. The lowest BCUT2D eigenvalue weighted by Crippen LogP contribution is -1.96. The number of thiazole rings is 2. The minimum Gasteiger partial charge on any atom is -0.225 e. The maximum absolute atomic E-state index is 13.7. The molecule has 0 spiro atoms. The molecule has 0 fully saturated rings. The molecule has 0 unspecified atom stereocenters. The second-order valence-electron chi connectivity index (χ2n) is 4.99. The summed E-state index contributed by atoms with van der Waals surface area (Å²) in [6.45, 7) is 0. The molecule has 0 atom stereocenters. The van der Waals surface area contributed by atoms with E-state index in [4.69, 9.17) is 0 Å². The summed E-state index contributed by atoms with van der Waals surface area (Å²) in [5.74, 6) is -14.5. The van der Waals surface area contributed by atoms with Gasteiger partial charge in [-0.25, -0.2) is 45.1 Å². The van der Waals surface area contributed by atoms with Crippen LogP contribution in [0.15, 0.2) is 8.68 Å². The molecule has 0 saturated carbocycles. The summed E-state index contributed by atoms with van der Waals surface area (Å²) in [6.07, 6.45) is 0. The summed E-state index contributed by atoms with van der Waals surface area (Å²) in [7, 11) is 1.45. The number of fused-ring (bicyclic) bond motifs is 2. The van der Waals surface area contributed by atoms with E-state index >= 15 is 0 Å². The van der Waals surface area contributed by atoms with E-state index in [1.807, 2.05) is 0 Å². The Hall–Kier alpha value is -1.64. The van der Waals surface area contributed by atoms with Gasteiger partial charge in [0.2, 0.25) is 0 Å². The number of aromatic nitrogens is 2. The van der Waals surface area contributed by atoms with Crippen molar-refractivity contribution in [2.24, 2.45) is 0 Å². The Kier molecular flexibility index (Phi) is 4.92. The van der Waals surface area contributed by atoms with Gasteiger partial charge in [-0.2, -0.15) is 0 Å². The lowest BCUT2D eigenvalue weighted by atomic mass is 10.3. The van der Waals surface area contributed by atoms with E-state index in [-0.39, 0.29) is 8.68 Å². The Bertz CT molecular complexity index is 1080. The molecule has 0 aliphatic carbocycles. The van der Waals surface area contributed by atoms with Gasteiger partial charge in [-0.05, 0) is 21.6 Å². The molecule has 2 nitrogen and oxygen atoms in total. The SMILES string of the molecule is Fc1c(F)c(F)c2sc(SSc3nc4c(F)c(F)c(F)c(F)c4s3)nc2c1F. The normalized spacial score (nSPS) is 11.9. The highest BCUT2D eigenvalue weighted by atomic mass is 33.1. The second kappa shape index (κ2) is 7.00. The van der Waals surface area contributed by atoms with E-state index in [1.165, 1.54) is 0 Å². The molecule has 0 bridgehead atoms. The van der Waals surface area contributed by atoms with Gasteiger partial charge in [0.05, 0.1) is 9.40 Å². The van der Waals surface area contributed by atoms with E-state index in [9.17, 15) is 35.1 Å². The molecule has 4 rings (SSSR count). The Balaban J connectivity index is 1.68. The van der Waals surface area contributed by atoms with Gasteiger partial charge in [0.25, 0.3) is 0 Å². The number of halogens is 8. The van der Waals surface area contributed by atoms with Crippen molar-refractivity contribution in [2.75, 3.05) is 0 Å². The smallest absolute Gasteiger partial charge is 0.199 e. The Labute approximate surface area is 165 Å². The first-order valence-electron chi connectivity index (χ1n) is 6.80. The standard InChI is InChI=1S/C14F8N2S4/c15-1-3(17)7(21)11-9(5(1)19)23-13(25-11)27-28-14-24-10-6(20)2(16)4(18)8(22)12(10)26-14. The van der Waals surface area contributed by atoms with E-state index < -0.39 is 67.0 Å². The quantitative estimate of drug-likeness (QED) is 0.140. The van der Waals surface area contributed by atoms with Gasteiger partial charge in [-0.1, -0.05) is 0 Å². The third-order valence-corrected chi connectivity index (χ3v) is 8.44. The van der Waals surface area contributed by atoms with E-state index in [2.05, 4.69) is 9.97 Å². The van der Waals surface area contributed by atoms with Gasteiger partial charge in [-0.3, -0.25) is 0 Å². The molecular formula is C14F8N2S4. The zero-order chi connectivity index (χ0) is 20.3. The van der Waals surface area contributed by atoms with Gasteiger partial charge < -0.3 is 0 Å². The molecule has 0 aliphatic rings. The van der Waals surface area contributed by atoms with Crippen molar-refractivity contribution < 1.29 is 35.1 Å². The fourth-order valence-electron chi connectivity index (χ4n) is 2.13. The van der Waals surface area contributed by atoms with Crippen LogP contribution >= 0.6 is 44.3 Å². The summed E-state index contributed by atoms with van der Waals surface area (Å²) in [5, 5.41) is 0. The van der Waals surface area contributed by atoms with Crippen LogP contribution in [0, 0.1) is 46.5 Å². The highest BCUT2D eigenvalue weighted by molar-refractivity contribution is 8.77. The van der Waals surface area contributed by atoms with Crippen LogP contribution in [0.2, 0.25) is 0 Å². The zero-order valence-electron chi connectivity index (χ0n) is 12.6. The molecule has 28 heavy (non-hydrogen) atoms. The highest BCUT2D eigenvalue weighted by Crippen LogP contribution is 2.45. The van der Waals surface area contributed by atoms with Crippen LogP contribution in [-0.4, -0.2) is 9.97 Å². The number of hydrogen-bond donors (Lipinski definition) is 0. The van der Waals surface area contributed by atoms with Gasteiger partial charge in [0, 0.05) is 0 Å².